The van der Waals surface area contributed by atoms with Crippen LogP contribution in [-0.4, -0.2) is 44.4 Å². The van der Waals surface area contributed by atoms with Crippen molar-refractivity contribution in [1.29, 1.82) is 0 Å². The molecule has 1 amide bonds. The third-order valence-electron chi connectivity index (χ3n) is 5.58. The number of anilines is 1. The van der Waals surface area contributed by atoms with Crippen LogP contribution in [0.2, 0.25) is 0 Å². The second kappa shape index (κ2) is 11.3. The van der Waals surface area contributed by atoms with Crippen LogP contribution in [0.5, 0.6) is 11.5 Å². The number of amides is 1. The number of thioether (sulfide) groups is 1. The Morgan fingerprint density at radius 2 is 1.83 bits per heavy atom. The number of ether oxygens (including phenoxy) is 2. The van der Waals surface area contributed by atoms with E-state index in [1.165, 1.54) is 23.3 Å². The number of likely N-dealkylation sites (tertiary alicyclic amines) is 1. The summed E-state index contributed by atoms with van der Waals surface area (Å²) in [5.74, 6) is 1.93. The molecule has 2 aromatic rings. The van der Waals surface area contributed by atoms with E-state index in [1.807, 2.05) is 12.1 Å². The van der Waals surface area contributed by atoms with Gasteiger partial charge in [-0.25, -0.2) is 0 Å². The molecule has 1 N–H and O–H groups in total. The van der Waals surface area contributed by atoms with Crippen LogP contribution in [-0.2, 0) is 11.3 Å². The second-order valence-electron chi connectivity index (χ2n) is 7.78. The maximum atomic E-state index is 12.5. The molecule has 0 unspecified atom stereocenters. The minimum absolute atomic E-state index is 0.0371. The lowest BCUT2D eigenvalue weighted by Crippen LogP contribution is -2.35. The Labute approximate surface area is 184 Å². The molecule has 1 heterocycles. The maximum Gasteiger partial charge on any atom is 0.224 e. The Morgan fingerprint density at radius 1 is 1.13 bits per heavy atom. The maximum absolute atomic E-state index is 12.5. The molecule has 1 atom stereocenters. The van der Waals surface area contributed by atoms with Gasteiger partial charge < -0.3 is 14.8 Å². The molecule has 2 aromatic carbocycles. The predicted octanol–water partition coefficient (Wildman–Crippen LogP) is 5.06. The van der Waals surface area contributed by atoms with Crippen LogP contribution < -0.4 is 14.8 Å². The van der Waals surface area contributed by atoms with Gasteiger partial charge in [-0.1, -0.05) is 12.1 Å². The van der Waals surface area contributed by atoms with E-state index in [1.54, 1.807) is 32.0 Å². The SMILES string of the molecule is COc1cc(NC(=O)CC[C@@H]2CCCN(Cc3ccc(SC)cc3)C2)cc(OC)c1. The van der Waals surface area contributed by atoms with Crippen molar-refractivity contribution in [2.45, 2.75) is 37.1 Å². The Hall–Kier alpha value is -2.18. The Bertz CT molecular complexity index is 803. The number of carbonyl (C=O) groups excluding carboxylic acids is 1. The Balaban J connectivity index is 1.47. The van der Waals surface area contributed by atoms with Gasteiger partial charge in [-0.3, -0.25) is 9.69 Å². The van der Waals surface area contributed by atoms with Gasteiger partial charge in [0.25, 0.3) is 0 Å². The largest absolute Gasteiger partial charge is 0.497 e. The lowest BCUT2D eigenvalue weighted by molar-refractivity contribution is -0.116. The fourth-order valence-electron chi connectivity index (χ4n) is 3.96. The first kappa shape index (κ1) is 22.5. The zero-order valence-electron chi connectivity index (χ0n) is 18.1. The predicted molar refractivity (Wildman–Crippen MR) is 124 cm³/mol. The molecule has 5 nitrogen and oxygen atoms in total. The van der Waals surface area contributed by atoms with E-state index in [4.69, 9.17) is 9.47 Å². The zero-order valence-corrected chi connectivity index (χ0v) is 19.0. The summed E-state index contributed by atoms with van der Waals surface area (Å²) in [6.45, 7) is 3.18. The summed E-state index contributed by atoms with van der Waals surface area (Å²) >= 11 is 1.77. The van der Waals surface area contributed by atoms with Crippen molar-refractivity contribution in [2.24, 2.45) is 5.92 Å². The van der Waals surface area contributed by atoms with Crippen LogP contribution in [0.1, 0.15) is 31.2 Å². The van der Waals surface area contributed by atoms with E-state index in [0.717, 1.165) is 26.1 Å². The highest BCUT2D eigenvalue weighted by molar-refractivity contribution is 7.98. The number of hydrogen-bond donors (Lipinski definition) is 1. The van der Waals surface area contributed by atoms with E-state index in [9.17, 15) is 4.79 Å². The van der Waals surface area contributed by atoms with Crippen LogP contribution in [0, 0.1) is 5.92 Å². The van der Waals surface area contributed by atoms with Crippen LogP contribution in [0.3, 0.4) is 0 Å². The summed E-state index contributed by atoms with van der Waals surface area (Å²) in [6, 6.07) is 14.3. The standard InChI is InChI=1S/C24H32N2O3S/c1-28-21-13-20(14-22(15-21)29-2)25-24(27)11-8-18-5-4-12-26(16-18)17-19-6-9-23(30-3)10-7-19/h6-7,9-10,13-15,18H,4-5,8,11-12,16-17H2,1-3H3,(H,25,27)/t18-/m0/s1. The molecule has 0 radical (unpaired) electrons. The van der Waals surface area contributed by atoms with Crippen molar-refractivity contribution in [1.82, 2.24) is 4.90 Å². The van der Waals surface area contributed by atoms with Crippen LogP contribution in [0.25, 0.3) is 0 Å². The van der Waals surface area contributed by atoms with Crippen molar-refractivity contribution in [3.63, 3.8) is 0 Å². The van der Waals surface area contributed by atoms with Crippen molar-refractivity contribution in [3.05, 3.63) is 48.0 Å². The minimum atomic E-state index is 0.0371. The number of hydrogen-bond acceptors (Lipinski definition) is 5. The quantitative estimate of drug-likeness (QED) is 0.566. The van der Waals surface area contributed by atoms with Gasteiger partial charge in [0.05, 0.1) is 14.2 Å². The molecule has 30 heavy (non-hydrogen) atoms. The third kappa shape index (κ3) is 6.67. The van der Waals surface area contributed by atoms with Gasteiger partial charge in [-0.05, 0) is 55.7 Å². The Morgan fingerprint density at radius 3 is 2.47 bits per heavy atom. The van der Waals surface area contributed by atoms with Crippen LogP contribution in [0.15, 0.2) is 47.4 Å². The van der Waals surface area contributed by atoms with Crippen molar-refractivity contribution in [3.8, 4) is 11.5 Å². The first-order chi connectivity index (χ1) is 14.6. The van der Waals surface area contributed by atoms with Gasteiger partial charge in [0.2, 0.25) is 5.91 Å². The highest BCUT2D eigenvalue weighted by Crippen LogP contribution is 2.27. The van der Waals surface area contributed by atoms with Gasteiger partial charge in [-0.2, -0.15) is 0 Å². The smallest absolute Gasteiger partial charge is 0.224 e. The molecule has 0 aliphatic carbocycles. The third-order valence-corrected chi connectivity index (χ3v) is 6.33. The molecule has 0 spiro atoms. The van der Waals surface area contributed by atoms with Gasteiger partial charge in [-0.15, -0.1) is 11.8 Å². The molecule has 0 aromatic heterocycles. The summed E-state index contributed by atoms with van der Waals surface area (Å²) in [6.07, 6.45) is 5.94. The lowest BCUT2D eigenvalue weighted by Gasteiger charge is -2.32. The number of rotatable bonds is 9. The van der Waals surface area contributed by atoms with Crippen LogP contribution in [0.4, 0.5) is 5.69 Å². The van der Waals surface area contributed by atoms with E-state index >= 15 is 0 Å². The normalized spacial score (nSPS) is 16.8. The molecule has 1 saturated heterocycles. The van der Waals surface area contributed by atoms with Crippen LogP contribution >= 0.6 is 11.8 Å². The van der Waals surface area contributed by atoms with E-state index in [-0.39, 0.29) is 5.91 Å². The van der Waals surface area contributed by atoms with E-state index in [2.05, 4.69) is 40.7 Å². The first-order valence-electron chi connectivity index (χ1n) is 10.5. The number of methoxy groups -OCH3 is 2. The zero-order chi connectivity index (χ0) is 21.3. The average molecular weight is 429 g/mol. The highest BCUT2D eigenvalue weighted by Gasteiger charge is 2.21. The molecule has 6 heteroatoms. The molecule has 3 rings (SSSR count). The number of nitrogens with one attached hydrogen (secondary N) is 1. The molecule has 1 aliphatic rings. The number of benzene rings is 2. The van der Waals surface area contributed by atoms with Gasteiger partial charge in [0, 0.05) is 48.3 Å². The number of nitrogens with zero attached hydrogens (tertiary/aromatic N) is 1. The van der Waals surface area contributed by atoms with Crippen molar-refractivity contribution < 1.29 is 14.3 Å². The summed E-state index contributed by atoms with van der Waals surface area (Å²) in [5, 5.41) is 2.98. The highest BCUT2D eigenvalue weighted by atomic mass is 32.2. The van der Waals surface area contributed by atoms with Crippen molar-refractivity contribution >= 4 is 23.4 Å². The summed E-state index contributed by atoms with van der Waals surface area (Å²) in [7, 11) is 3.21. The minimum Gasteiger partial charge on any atom is -0.497 e. The van der Waals surface area contributed by atoms with E-state index < -0.39 is 0 Å². The second-order valence-corrected chi connectivity index (χ2v) is 8.66. The fourth-order valence-corrected chi connectivity index (χ4v) is 4.37. The van der Waals surface area contributed by atoms with Crippen molar-refractivity contribution in [2.75, 3.05) is 38.9 Å². The summed E-state index contributed by atoms with van der Waals surface area (Å²) in [4.78, 5) is 16.3. The van der Waals surface area contributed by atoms with Gasteiger partial charge in [0.1, 0.15) is 11.5 Å². The monoisotopic (exact) mass is 428 g/mol. The molecular weight excluding hydrogens is 396 g/mol. The van der Waals surface area contributed by atoms with Gasteiger partial charge >= 0.3 is 0 Å². The van der Waals surface area contributed by atoms with Gasteiger partial charge in [0.15, 0.2) is 0 Å². The fraction of sp³-hybridized carbons (Fsp3) is 0.458. The first-order valence-corrected chi connectivity index (χ1v) is 11.7. The Kier molecular flexibility index (Phi) is 8.46. The number of carbonyl (C=O) groups is 1. The lowest BCUT2D eigenvalue weighted by atomic mass is 9.93. The molecule has 1 aliphatic heterocycles. The average Bonchev–Trinajstić information content (AvgIpc) is 2.78. The topological polar surface area (TPSA) is 50.8 Å². The molecule has 162 valence electrons. The molecule has 0 saturated carbocycles. The molecule has 1 fully saturated rings. The summed E-state index contributed by atoms with van der Waals surface area (Å²) in [5.41, 5.74) is 2.06. The molecular formula is C24H32N2O3S. The number of piperidine rings is 1. The summed E-state index contributed by atoms with van der Waals surface area (Å²) < 4.78 is 10.5. The van der Waals surface area contributed by atoms with E-state index in [0.29, 0.717) is 29.5 Å². The molecule has 0 bridgehead atoms.